The van der Waals surface area contributed by atoms with Crippen LogP contribution in [0, 0.1) is 39.0 Å². The summed E-state index contributed by atoms with van der Waals surface area (Å²) in [4.78, 5) is 77.0. The number of methoxy groups -OCH3 is 3. The second-order valence-corrected chi connectivity index (χ2v) is 35.7. The number of aliphatic hydroxyl groups is 1. The molecule has 17 heterocycles. The van der Waals surface area contributed by atoms with Gasteiger partial charge in [0.15, 0.2) is 57.1 Å². The van der Waals surface area contributed by atoms with Crippen LogP contribution in [0.15, 0.2) is 48.5 Å². The molecule has 9 N–H and O–H groups in total. The number of piperazine rings is 2. The number of aryl methyl sites for hydroxylation is 2. The lowest BCUT2D eigenvalue weighted by molar-refractivity contribution is -0.158. The van der Waals surface area contributed by atoms with Gasteiger partial charge in [-0.25, -0.2) is 9.59 Å². The number of rotatable bonds is 8. The van der Waals surface area contributed by atoms with E-state index in [1.807, 2.05) is 77.2 Å². The van der Waals surface area contributed by atoms with E-state index < -0.39 is 118 Å². The van der Waals surface area contributed by atoms with Gasteiger partial charge in [0.25, 0.3) is 6.29 Å². The molecule has 8 aromatic rings. The predicted octanol–water partition coefficient (Wildman–Crippen LogP) is 8.81. The number of H-pyrrole nitrogens is 2. The highest BCUT2D eigenvalue weighted by molar-refractivity contribution is 7.99. The average Bonchev–Trinajstić information content (AvgIpc) is 1.46. The number of nitrogens with two attached hydrogens (primary N) is 1. The van der Waals surface area contributed by atoms with Crippen LogP contribution >= 0.6 is 23.5 Å². The van der Waals surface area contributed by atoms with E-state index in [4.69, 9.17) is 57.8 Å². The monoisotopic (exact) mass is 1600 g/mol. The molecule has 15 aliphatic heterocycles. The lowest BCUT2D eigenvalue weighted by Gasteiger charge is -2.62. The lowest BCUT2D eigenvalue weighted by Crippen LogP contribution is -2.69. The van der Waals surface area contributed by atoms with Crippen molar-refractivity contribution in [2.24, 2.45) is 5.73 Å². The molecule has 5 saturated heterocycles. The van der Waals surface area contributed by atoms with Gasteiger partial charge in [-0.15, -0.1) is 23.5 Å². The maximum atomic E-state index is 16.4. The number of thioether (sulfide) groups is 2. The van der Waals surface area contributed by atoms with E-state index in [1.54, 1.807) is 14.2 Å². The summed E-state index contributed by atoms with van der Waals surface area (Å²) in [5, 5.41) is 56.1. The predicted molar refractivity (Wildman–Crippen MR) is 419 cm³/mol. The first-order valence-electron chi connectivity index (χ1n) is 39.3. The van der Waals surface area contributed by atoms with Crippen LogP contribution in [0.1, 0.15) is 163 Å². The summed E-state index contributed by atoms with van der Waals surface area (Å²) < 4.78 is 72.4. The number of fused-ring (bicyclic) bond motifs is 22. The van der Waals surface area contributed by atoms with Gasteiger partial charge >= 0.3 is 23.9 Å². The average molecular weight is 1600 g/mol. The summed E-state index contributed by atoms with van der Waals surface area (Å²) in [6.45, 7) is 13.8. The molecule has 23 rings (SSSR count). The summed E-state index contributed by atoms with van der Waals surface area (Å²) in [6, 6.07) is 11.6. The molecule has 6 aromatic carbocycles. The van der Waals surface area contributed by atoms with Crippen molar-refractivity contribution in [1.82, 2.24) is 40.2 Å². The number of benzene rings is 6. The minimum absolute atomic E-state index is 0.00542. The molecular weight excluding hydrogens is 1510 g/mol. The highest BCUT2D eigenvalue weighted by Gasteiger charge is 2.78. The van der Waals surface area contributed by atoms with Crippen molar-refractivity contribution in [3.05, 3.63) is 143 Å². The van der Waals surface area contributed by atoms with E-state index >= 15 is 9.59 Å². The molecule has 15 aliphatic rings. The normalized spacial score (nSPS) is 32.5. The number of esters is 4. The Morgan fingerprint density at radius 2 is 1.29 bits per heavy atom. The van der Waals surface area contributed by atoms with Crippen molar-refractivity contribution in [2.45, 2.75) is 181 Å². The number of aromatic amines is 2. The van der Waals surface area contributed by atoms with Crippen LogP contribution in [0.3, 0.4) is 0 Å². The Kier molecular flexibility index (Phi) is 16.1. The van der Waals surface area contributed by atoms with Crippen LogP contribution in [0.4, 0.5) is 0 Å². The SMILES string of the molecule is COc1ccc2[nH]c3c(c2c1)C[C@H](CO)N[C@]31CS[C@@H]2c3c(OC(C)=O)c(C)c4c(c3[C@H](COC1=O)N1[C@@H]2[C@H]2c3c(cc(C)c(OC)c3O)C[C@@H]([C@@H]1C#N)N2C)OC(c1cccc2[nH]c3c(c12)C[C@@H](CN)N[C@]31CS[C@@H]2c3c(OC(C)=O)c(C)c5c(c3[C@H](COC1=O)N1[C@@H]2[C@H]2c3c(cc(C)c(OC)c3O)C3(C)[C@@H]([C@@H]1C)N23)OCO5)O4. The van der Waals surface area contributed by atoms with E-state index in [1.165, 1.54) is 44.5 Å². The fraction of sp³-hybridized carbons (Fsp3) is 0.471. The van der Waals surface area contributed by atoms with Crippen molar-refractivity contribution in [2.75, 3.05) is 73.0 Å². The van der Waals surface area contributed by atoms with Gasteiger partial charge in [-0.2, -0.15) is 5.26 Å². The molecule has 2 spiro atoms. The van der Waals surface area contributed by atoms with Gasteiger partial charge < -0.3 is 83.1 Å². The number of carbonyl (C=O) groups excluding carboxylic acids is 4. The number of phenolic OH excluding ortho intramolecular Hbond substituents is 2. The molecule has 5 fully saturated rings. The Hall–Kier alpha value is -9.65. The number of aromatic hydroxyl groups is 2. The van der Waals surface area contributed by atoms with E-state index in [9.17, 15) is 30.2 Å². The van der Waals surface area contributed by atoms with E-state index in [0.29, 0.717) is 121 Å². The molecule has 3 unspecified atom stereocenters. The van der Waals surface area contributed by atoms with Gasteiger partial charge in [0.05, 0.1) is 85.6 Å². The Morgan fingerprint density at radius 1 is 0.687 bits per heavy atom. The molecule has 19 atom stereocenters. The van der Waals surface area contributed by atoms with Crippen LogP contribution in [0.5, 0.6) is 63.2 Å². The summed E-state index contributed by atoms with van der Waals surface area (Å²) in [5.74, 6) is 0.974. The van der Waals surface area contributed by atoms with Gasteiger partial charge in [0.2, 0.25) is 6.79 Å². The van der Waals surface area contributed by atoms with Crippen molar-refractivity contribution in [3.8, 4) is 69.3 Å². The van der Waals surface area contributed by atoms with E-state index in [2.05, 4.69) is 66.2 Å². The van der Waals surface area contributed by atoms with Gasteiger partial charge in [-0.05, 0) is 132 Å². The number of hydrogen-bond acceptors (Lipinski definition) is 28. The molecule has 0 radical (unpaired) electrons. The highest BCUT2D eigenvalue weighted by atomic mass is 32.2. The maximum Gasteiger partial charge on any atom is 0.333 e. The molecule has 6 bridgehead atoms. The largest absolute Gasteiger partial charge is 0.504 e. The highest BCUT2D eigenvalue weighted by Crippen LogP contribution is 2.75. The zero-order valence-corrected chi connectivity index (χ0v) is 67.1. The third-order valence-corrected chi connectivity index (χ3v) is 30.8. The van der Waals surface area contributed by atoms with Gasteiger partial charge in [-0.3, -0.25) is 39.8 Å². The number of nitrogens with one attached hydrogen (secondary N) is 4. The quantitative estimate of drug-likeness (QED) is 0.0400. The Morgan fingerprint density at radius 3 is 1.94 bits per heavy atom. The third-order valence-electron chi connectivity index (χ3n) is 27.9. The zero-order chi connectivity index (χ0) is 79.7. The fourth-order valence-electron chi connectivity index (χ4n) is 23.4. The molecule has 2 aromatic heterocycles. The van der Waals surface area contributed by atoms with E-state index in [0.717, 1.165) is 49.8 Å². The number of likely N-dealkylation sites (N-methyl/N-ethyl adjacent to an activating group) is 1. The number of hydrogen-bond donors (Lipinski definition) is 8. The topological polar surface area (TPSA) is 349 Å². The second kappa shape index (κ2) is 25.4. The van der Waals surface area contributed by atoms with Gasteiger partial charge in [0.1, 0.15) is 36.5 Å². The molecule has 598 valence electrons. The van der Waals surface area contributed by atoms with Crippen LogP contribution in [-0.4, -0.2) is 190 Å². The van der Waals surface area contributed by atoms with Crippen molar-refractivity contribution >= 4 is 69.2 Å². The zero-order valence-electron chi connectivity index (χ0n) is 65.4. The molecule has 0 amide bonds. The smallest absolute Gasteiger partial charge is 0.333 e. The first-order valence-corrected chi connectivity index (χ1v) is 41.4. The number of nitriles is 1. The molecular formula is C85H88N10O18S2. The number of ether oxygens (including phenoxy) is 11. The number of aromatic nitrogens is 2. The van der Waals surface area contributed by atoms with Crippen molar-refractivity contribution in [3.63, 3.8) is 0 Å². The number of nitrogens with zero attached hydrogens (tertiary/aromatic N) is 5. The number of aliphatic hydroxyl groups excluding tert-OH is 1. The number of carbonyl (C=O) groups is 4. The fourth-order valence-corrected chi connectivity index (χ4v) is 26.7. The van der Waals surface area contributed by atoms with Gasteiger partial charge in [-0.1, -0.05) is 18.2 Å². The van der Waals surface area contributed by atoms with Crippen LogP contribution in [0.2, 0.25) is 0 Å². The van der Waals surface area contributed by atoms with Crippen LogP contribution in [-0.2, 0) is 64.5 Å². The summed E-state index contributed by atoms with van der Waals surface area (Å²) in [6.07, 6.45) is -0.192. The summed E-state index contributed by atoms with van der Waals surface area (Å²) in [7, 11) is 6.66. The molecule has 0 saturated carbocycles. The molecule has 115 heavy (non-hydrogen) atoms. The standard InChI is InChI=1S/C85H88N10O18S2/c1-32-18-39-20-50-51(25-87)94-53-28-107-81(101)84(77-45(22-41(26-96)91-84)44-23-42(103-10)16-17-48(44)88-77)29-114-75(63(94)61(92(50)9)54(39)65(99)67(32)104-11)60-58(53)74-72(35(4)70(60)111-38(7)98)112-80(113-74)43-14-13-15-49-55(43)46-21-40(24-86)90-85(78(46)89-49)30-115-76-59-57(73-71(108-31-109-73)34(3)69(59)110-37(6)97)52(27-106-82(85)102)93-36(5)79-83(8)47-19-33(2)68(105-12)66(100)56(47)62(64(76)93)95(79)83/h13-19,23,36,40-41,50-53,61-64,75-76,79-80,88-91,96,99-100H,20-22,24,26-31,86H2,1-12H3/t36-,40-,41+,50-,51-,52-,53-,61+,62+,63+,64+,75+,76+,79+,80?,83?,84+,85+,95?/m0/s1. The van der Waals surface area contributed by atoms with Crippen molar-refractivity contribution < 1.29 is 86.6 Å². The lowest BCUT2D eigenvalue weighted by atomic mass is 9.71. The number of phenols is 2. The molecule has 0 aliphatic carbocycles. The van der Waals surface area contributed by atoms with E-state index in [-0.39, 0.29) is 85.5 Å². The third kappa shape index (κ3) is 9.49. The summed E-state index contributed by atoms with van der Waals surface area (Å²) in [5.41, 5.74) is 16.0. The molecule has 30 heteroatoms. The minimum atomic E-state index is -1.65. The van der Waals surface area contributed by atoms with Crippen molar-refractivity contribution in [1.29, 1.82) is 5.26 Å². The Labute approximate surface area is 669 Å². The molecule has 28 nitrogen and oxygen atoms in total. The van der Waals surface area contributed by atoms with Gasteiger partial charge in [0, 0.05) is 146 Å². The first-order chi connectivity index (χ1) is 55.4. The second-order valence-electron chi connectivity index (χ2n) is 33.4. The van der Waals surface area contributed by atoms with Crippen LogP contribution < -0.4 is 59.0 Å². The summed E-state index contributed by atoms with van der Waals surface area (Å²) >= 11 is 2.94. The van der Waals surface area contributed by atoms with Crippen LogP contribution in [0.25, 0.3) is 21.8 Å². The Balaban J connectivity index is 0.726. The maximum absolute atomic E-state index is 16.4. The Bertz CT molecular complexity index is 5730. The minimum Gasteiger partial charge on any atom is -0.504 e. The first kappa shape index (κ1) is 73.0.